The summed E-state index contributed by atoms with van der Waals surface area (Å²) < 4.78 is 24.6. The highest BCUT2D eigenvalue weighted by Crippen LogP contribution is 2.46. The van der Waals surface area contributed by atoms with Crippen molar-refractivity contribution in [3.8, 4) is 11.5 Å². The predicted molar refractivity (Wildman–Crippen MR) is 77.0 cm³/mol. The van der Waals surface area contributed by atoms with Crippen LogP contribution in [0.4, 0.5) is 4.39 Å². The number of hydrogen-bond donors (Lipinski definition) is 1. The van der Waals surface area contributed by atoms with E-state index in [2.05, 4.69) is 4.90 Å². The van der Waals surface area contributed by atoms with Crippen LogP contribution < -0.4 is 15.2 Å². The Morgan fingerprint density at radius 1 is 1.45 bits per heavy atom. The zero-order valence-electron chi connectivity index (χ0n) is 12.0. The highest BCUT2D eigenvalue weighted by atomic mass is 35.5. The first kappa shape index (κ1) is 15.4. The van der Waals surface area contributed by atoms with Crippen molar-refractivity contribution in [2.24, 2.45) is 11.7 Å². The zero-order valence-corrected chi connectivity index (χ0v) is 12.7. The van der Waals surface area contributed by atoms with Crippen LogP contribution in [-0.4, -0.2) is 39.3 Å². The summed E-state index contributed by atoms with van der Waals surface area (Å²) in [7, 11) is 4.99. The molecule has 20 heavy (non-hydrogen) atoms. The van der Waals surface area contributed by atoms with E-state index in [0.717, 1.165) is 13.0 Å². The number of nitrogens with zero attached hydrogens (tertiary/aromatic N) is 1. The van der Waals surface area contributed by atoms with Gasteiger partial charge in [0.25, 0.3) is 0 Å². The van der Waals surface area contributed by atoms with Crippen LogP contribution in [0.25, 0.3) is 0 Å². The molecule has 0 aromatic heterocycles. The van der Waals surface area contributed by atoms with Crippen molar-refractivity contribution in [3.05, 3.63) is 22.5 Å². The molecule has 0 aliphatic carbocycles. The monoisotopic (exact) mass is 302 g/mol. The maximum atomic E-state index is 14.0. The van der Waals surface area contributed by atoms with Gasteiger partial charge in [0.2, 0.25) is 0 Å². The van der Waals surface area contributed by atoms with Crippen LogP contribution in [0.1, 0.15) is 18.0 Å². The summed E-state index contributed by atoms with van der Waals surface area (Å²) in [5, 5.41) is 0.0946. The Kier molecular flexibility index (Phi) is 4.73. The fourth-order valence-corrected chi connectivity index (χ4v) is 3.14. The molecule has 0 spiro atoms. The average molecular weight is 303 g/mol. The molecule has 1 saturated heterocycles. The number of ether oxygens (including phenoxy) is 2. The number of nitrogens with two attached hydrogens (primary N) is 1. The van der Waals surface area contributed by atoms with E-state index in [-0.39, 0.29) is 11.1 Å². The van der Waals surface area contributed by atoms with Crippen LogP contribution in [0.2, 0.25) is 5.02 Å². The Labute approximate surface area is 123 Å². The normalized spacial score (nSPS) is 23.1. The van der Waals surface area contributed by atoms with Gasteiger partial charge in [0, 0.05) is 24.2 Å². The van der Waals surface area contributed by atoms with E-state index in [4.69, 9.17) is 26.8 Å². The molecule has 1 aromatic carbocycles. The van der Waals surface area contributed by atoms with Crippen LogP contribution >= 0.6 is 11.6 Å². The number of halogens is 2. The number of rotatable bonds is 4. The third-order valence-electron chi connectivity index (χ3n) is 3.90. The van der Waals surface area contributed by atoms with Gasteiger partial charge in [-0.2, -0.15) is 0 Å². The van der Waals surface area contributed by atoms with Gasteiger partial charge in [-0.1, -0.05) is 11.6 Å². The van der Waals surface area contributed by atoms with Gasteiger partial charge in [-0.25, -0.2) is 4.39 Å². The summed E-state index contributed by atoms with van der Waals surface area (Å²) in [6.45, 7) is 1.46. The first-order valence-electron chi connectivity index (χ1n) is 6.53. The maximum absolute atomic E-state index is 14.0. The van der Waals surface area contributed by atoms with Gasteiger partial charge in [0.15, 0.2) is 11.5 Å². The van der Waals surface area contributed by atoms with Gasteiger partial charge in [-0.15, -0.1) is 0 Å². The van der Waals surface area contributed by atoms with Crippen LogP contribution in [-0.2, 0) is 0 Å². The van der Waals surface area contributed by atoms with Crippen molar-refractivity contribution in [2.45, 2.75) is 12.5 Å². The Morgan fingerprint density at radius 3 is 2.65 bits per heavy atom. The van der Waals surface area contributed by atoms with E-state index >= 15 is 0 Å². The Bertz CT molecular complexity index is 499. The molecule has 0 radical (unpaired) electrons. The van der Waals surface area contributed by atoms with Crippen molar-refractivity contribution in [2.75, 3.05) is 34.4 Å². The van der Waals surface area contributed by atoms with Gasteiger partial charge in [-0.3, -0.25) is 4.90 Å². The summed E-state index contributed by atoms with van der Waals surface area (Å²) in [5.74, 6) is 0.728. The molecule has 0 saturated carbocycles. The zero-order chi connectivity index (χ0) is 14.9. The highest BCUT2D eigenvalue weighted by Gasteiger charge is 2.35. The summed E-state index contributed by atoms with van der Waals surface area (Å²) in [5.41, 5.74) is 6.38. The lowest BCUT2D eigenvalue weighted by molar-refractivity contribution is 0.294. The smallest absolute Gasteiger partial charge is 0.167 e. The molecule has 1 aliphatic heterocycles. The molecule has 4 nitrogen and oxygen atoms in total. The Balaban J connectivity index is 2.52. The van der Waals surface area contributed by atoms with E-state index in [9.17, 15) is 4.39 Å². The highest BCUT2D eigenvalue weighted by molar-refractivity contribution is 6.31. The molecule has 1 aromatic rings. The predicted octanol–water partition coefficient (Wildman–Crippen LogP) is 2.45. The number of hydrogen-bond acceptors (Lipinski definition) is 4. The number of benzene rings is 1. The fraction of sp³-hybridized carbons (Fsp3) is 0.571. The van der Waals surface area contributed by atoms with E-state index in [1.54, 1.807) is 0 Å². The Hall–Kier alpha value is -1.04. The van der Waals surface area contributed by atoms with E-state index < -0.39 is 5.82 Å². The van der Waals surface area contributed by atoms with Crippen molar-refractivity contribution < 1.29 is 13.9 Å². The molecule has 1 aliphatic rings. The summed E-state index contributed by atoms with van der Waals surface area (Å²) in [6, 6.07) is 1.23. The van der Waals surface area contributed by atoms with E-state index in [0.29, 0.717) is 29.5 Å². The molecule has 0 bridgehead atoms. The molecule has 0 amide bonds. The second kappa shape index (κ2) is 6.16. The minimum absolute atomic E-state index is 0.0180. The lowest BCUT2D eigenvalue weighted by Crippen LogP contribution is -2.21. The second-order valence-corrected chi connectivity index (χ2v) is 5.49. The van der Waals surface area contributed by atoms with Gasteiger partial charge in [0.1, 0.15) is 5.82 Å². The van der Waals surface area contributed by atoms with Crippen molar-refractivity contribution in [1.29, 1.82) is 0 Å². The molecular formula is C14H20ClFN2O2. The molecule has 1 heterocycles. The molecular weight excluding hydrogens is 283 g/mol. The molecule has 2 atom stereocenters. The maximum Gasteiger partial charge on any atom is 0.167 e. The van der Waals surface area contributed by atoms with Gasteiger partial charge >= 0.3 is 0 Å². The largest absolute Gasteiger partial charge is 0.493 e. The van der Waals surface area contributed by atoms with E-state index in [1.807, 2.05) is 7.05 Å². The topological polar surface area (TPSA) is 47.7 Å². The van der Waals surface area contributed by atoms with Gasteiger partial charge in [0.05, 0.1) is 19.2 Å². The lowest BCUT2D eigenvalue weighted by Gasteiger charge is -2.24. The molecule has 2 unspecified atom stereocenters. The summed E-state index contributed by atoms with van der Waals surface area (Å²) in [4.78, 5) is 2.13. The van der Waals surface area contributed by atoms with Crippen molar-refractivity contribution >= 4 is 11.6 Å². The summed E-state index contributed by atoms with van der Waals surface area (Å²) >= 11 is 6.17. The molecule has 1 fully saturated rings. The molecule has 2 rings (SSSR count). The first-order valence-corrected chi connectivity index (χ1v) is 6.91. The quantitative estimate of drug-likeness (QED) is 0.928. The van der Waals surface area contributed by atoms with E-state index in [1.165, 1.54) is 20.3 Å². The van der Waals surface area contributed by atoms with Gasteiger partial charge in [-0.05, 0) is 25.9 Å². The van der Waals surface area contributed by atoms with Crippen LogP contribution in [0.5, 0.6) is 11.5 Å². The van der Waals surface area contributed by atoms with Crippen LogP contribution in [0.15, 0.2) is 6.07 Å². The van der Waals surface area contributed by atoms with Crippen molar-refractivity contribution in [1.82, 2.24) is 4.90 Å². The number of methoxy groups -OCH3 is 2. The Morgan fingerprint density at radius 2 is 2.15 bits per heavy atom. The third kappa shape index (κ3) is 2.57. The summed E-state index contributed by atoms with van der Waals surface area (Å²) in [6.07, 6.45) is 0.829. The standard InChI is InChI=1S/C14H20ClFN2O2/c1-18-7-8(6-17)4-10(18)12-13(15)9(16)5-11(19-2)14(12)20-3/h5,8,10H,4,6-7,17H2,1-3H3. The lowest BCUT2D eigenvalue weighted by atomic mass is 9.98. The van der Waals surface area contributed by atoms with Crippen LogP contribution in [0, 0.1) is 11.7 Å². The molecule has 2 N–H and O–H groups in total. The number of likely N-dealkylation sites (tertiary alicyclic amines) is 1. The van der Waals surface area contributed by atoms with Crippen molar-refractivity contribution in [3.63, 3.8) is 0 Å². The first-order chi connectivity index (χ1) is 9.53. The minimum Gasteiger partial charge on any atom is -0.493 e. The minimum atomic E-state index is -0.496. The third-order valence-corrected chi connectivity index (χ3v) is 4.28. The average Bonchev–Trinajstić information content (AvgIpc) is 2.82. The van der Waals surface area contributed by atoms with Crippen LogP contribution in [0.3, 0.4) is 0 Å². The second-order valence-electron chi connectivity index (χ2n) is 5.11. The molecule has 112 valence electrons. The fourth-order valence-electron chi connectivity index (χ4n) is 2.88. The SMILES string of the molecule is COc1cc(F)c(Cl)c(C2CC(CN)CN2C)c1OC. The molecule has 6 heteroatoms. The van der Waals surface area contributed by atoms with Gasteiger partial charge < -0.3 is 15.2 Å².